The third-order valence-electron chi connectivity index (χ3n) is 6.59. The summed E-state index contributed by atoms with van der Waals surface area (Å²) in [7, 11) is 0. The first-order chi connectivity index (χ1) is 15.8. The normalized spacial score (nSPS) is 20.3. The molecule has 1 aliphatic heterocycles. The highest BCUT2D eigenvalue weighted by atomic mass is 16.5. The first-order valence-electron chi connectivity index (χ1n) is 12.0. The van der Waals surface area contributed by atoms with Crippen molar-refractivity contribution in [2.75, 3.05) is 10.2 Å². The van der Waals surface area contributed by atoms with Gasteiger partial charge in [-0.1, -0.05) is 58.0 Å². The number of para-hydroxylation sites is 3. The van der Waals surface area contributed by atoms with Crippen molar-refractivity contribution in [3.05, 3.63) is 65.4 Å². The zero-order valence-electron chi connectivity index (χ0n) is 20.3. The third kappa shape index (κ3) is 4.41. The number of anilines is 2. The Morgan fingerprint density at radius 1 is 1.12 bits per heavy atom. The maximum Gasteiger partial charge on any atom is 0.227 e. The van der Waals surface area contributed by atoms with E-state index in [4.69, 9.17) is 4.74 Å². The summed E-state index contributed by atoms with van der Waals surface area (Å²) in [4.78, 5) is 29.0. The summed E-state index contributed by atoms with van der Waals surface area (Å²) >= 11 is 0. The van der Waals surface area contributed by atoms with Crippen LogP contribution in [-0.4, -0.2) is 17.8 Å². The van der Waals surface area contributed by atoms with Gasteiger partial charge in [-0.2, -0.15) is 0 Å². The summed E-state index contributed by atoms with van der Waals surface area (Å²) < 4.78 is 6.30. The number of nitrogens with one attached hydrogen (secondary N) is 1. The second kappa shape index (κ2) is 9.05. The zero-order valence-corrected chi connectivity index (χ0v) is 20.3. The van der Waals surface area contributed by atoms with E-state index in [1.54, 1.807) is 4.90 Å². The number of nitrogens with zero attached hydrogens (tertiary/aromatic N) is 1. The lowest BCUT2D eigenvalue weighted by atomic mass is 9.73. The van der Waals surface area contributed by atoms with E-state index in [2.05, 4.69) is 26.1 Å². The van der Waals surface area contributed by atoms with Gasteiger partial charge in [0, 0.05) is 29.7 Å². The number of ether oxygens (including phenoxy) is 1. The number of hydrogen-bond donors (Lipinski definition) is 1. The minimum atomic E-state index is -0.549. The molecule has 1 aliphatic carbocycles. The number of carbonyl (C=O) groups is 2. The number of fused-ring (bicyclic) bond motifs is 1. The average Bonchev–Trinajstić information content (AvgIpc) is 2.92. The summed E-state index contributed by atoms with van der Waals surface area (Å²) in [5.74, 6) is 0.771. The number of allylic oxidation sites excluding steroid dienone is 1. The molecule has 2 atom stereocenters. The van der Waals surface area contributed by atoms with Crippen molar-refractivity contribution in [3.8, 4) is 5.75 Å². The molecular weight excluding hydrogens is 412 g/mol. The molecule has 2 aromatic carbocycles. The smallest absolute Gasteiger partial charge is 0.227 e. The van der Waals surface area contributed by atoms with E-state index in [1.165, 1.54) is 0 Å². The van der Waals surface area contributed by atoms with Crippen LogP contribution in [0.1, 0.15) is 71.9 Å². The van der Waals surface area contributed by atoms with Gasteiger partial charge in [0.25, 0.3) is 0 Å². The maximum absolute atomic E-state index is 13.7. The van der Waals surface area contributed by atoms with Crippen molar-refractivity contribution < 1.29 is 14.3 Å². The number of carbonyl (C=O) groups excluding carboxylic acids is 2. The van der Waals surface area contributed by atoms with E-state index in [0.29, 0.717) is 18.4 Å². The highest BCUT2D eigenvalue weighted by molar-refractivity contribution is 6.06. The second-order valence-corrected chi connectivity index (χ2v) is 9.87. The van der Waals surface area contributed by atoms with Gasteiger partial charge in [0.15, 0.2) is 5.78 Å². The number of ketones is 1. The van der Waals surface area contributed by atoms with Gasteiger partial charge in [-0.15, -0.1) is 0 Å². The molecule has 174 valence electrons. The van der Waals surface area contributed by atoms with Crippen LogP contribution in [-0.2, 0) is 9.59 Å². The van der Waals surface area contributed by atoms with Crippen molar-refractivity contribution in [1.82, 2.24) is 0 Å². The molecule has 2 aromatic rings. The molecule has 2 unspecified atom stereocenters. The van der Waals surface area contributed by atoms with Gasteiger partial charge in [-0.25, -0.2) is 0 Å². The molecule has 0 fully saturated rings. The van der Waals surface area contributed by atoms with Crippen molar-refractivity contribution >= 4 is 23.1 Å². The molecule has 33 heavy (non-hydrogen) atoms. The highest BCUT2D eigenvalue weighted by Crippen LogP contribution is 2.49. The lowest BCUT2D eigenvalue weighted by molar-refractivity contribution is -0.119. The molecule has 5 heteroatoms. The molecule has 1 N–H and O–H groups in total. The van der Waals surface area contributed by atoms with Gasteiger partial charge in [0.2, 0.25) is 5.91 Å². The van der Waals surface area contributed by atoms with Gasteiger partial charge in [0.05, 0.1) is 23.5 Å². The topological polar surface area (TPSA) is 58.6 Å². The highest BCUT2D eigenvalue weighted by Gasteiger charge is 2.43. The molecule has 0 bridgehead atoms. The molecule has 0 spiro atoms. The number of rotatable bonds is 5. The molecule has 4 rings (SSSR count). The molecule has 0 saturated carbocycles. The van der Waals surface area contributed by atoms with Crippen LogP contribution in [0.25, 0.3) is 0 Å². The predicted molar refractivity (Wildman–Crippen MR) is 132 cm³/mol. The quantitative estimate of drug-likeness (QED) is 0.576. The fourth-order valence-corrected chi connectivity index (χ4v) is 4.84. The Balaban J connectivity index is 2.00. The standard InChI is InChI=1S/C28H34N2O3/c1-6-18(3)33-24-15-11-8-12-19(24)27-26-21(16-28(4,5)17-23(26)31)29-20-13-9-10-14-22(20)30(27)25(32)7-2/h8-15,18,27,29H,6-7,16-17H2,1-5H3. The Bertz CT molecular complexity index is 1100. The van der Waals surface area contributed by atoms with E-state index in [1.807, 2.05) is 62.4 Å². The molecule has 5 nitrogen and oxygen atoms in total. The van der Waals surface area contributed by atoms with Crippen molar-refractivity contribution in [2.24, 2.45) is 5.41 Å². The van der Waals surface area contributed by atoms with Crippen LogP contribution in [0.2, 0.25) is 0 Å². The van der Waals surface area contributed by atoms with Gasteiger partial charge in [-0.3, -0.25) is 14.5 Å². The first kappa shape index (κ1) is 23.1. The van der Waals surface area contributed by atoms with Crippen LogP contribution in [0.15, 0.2) is 59.8 Å². The summed E-state index contributed by atoms with van der Waals surface area (Å²) in [5.41, 5.74) is 3.90. The summed E-state index contributed by atoms with van der Waals surface area (Å²) in [6.07, 6.45) is 2.40. The Labute approximate surface area is 196 Å². The Morgan fingerprint density at radius 3 is 2.55 bits per heavy atom. The number of amides is 1. The zero-order chi connectivity index (χ0) is 23.8. The van der Waals surface area contributed by atoms with Crippen LogP contribution in [0.3, 0.4) is 0 Å². The van der Waals surface area contributed by atoms with Gasteiger partial charge in [-0.05, 0) is 43.4 Å². The molecule has 1 heterocycles. The van der Waals surface area contributed by atoms with Crippen LogP contribution in [0.4, 0.5) is 11.4 Å². The summed E-state index contributed by atoms with van der Waals surface area (Å²) in [6, 6.07) is 15.1. The predicted octanol–water partition coefficient (Wildman–Crippen LogP) is 6.42. The number of Topliss-reactive ketones (excluding diaryl/α,β-unsaturated/α-hetero) is 1. The molecule has 1 amide bonds. The molecule has 0 radical (unpaired) electrons. The van der Waals surface area contributed by atoms with Gasteiger partial charge >= 0.3 is 0 Å². The lowest BCUT2D eigenvalue weighted by Crippen LogP contribution is -2.39. The lowest BCUT2D eigenvalue weighted by Gasteiger charge is -2.37. The fraction of sp³-hybridized carbons (Fsp3) is 0.429. The SMILES string of the molecule is CCC(=O)N1c2ccccc2NC2=C(C(=O)CC(C)(C)C2)C1c1ccccc1OC(C)CC. The maximum atomic E-state index is 13.7. The number of hydrogen-bond acceptors (Lipinski definition) is 4. The monoisotopic (exact) mass is 446 g/mol. The first-order valence-corrected chi connectivity index (χ1v) is 12.0. The Morgan fingerprint density at radius 2 is 1.82 bits per heavy atom. The fourth-order valence-electron chi connectivity index (χ4n) is 4.84. The van der Waals surface area contributed by atoms with Crippen LogP contribution < -0.4 is 15.0 Å². The minimum Gasteiger partial charge on any atom is -0.490 e. The second-order valence-electron chi connectivity index (χ2n) is 9.87. The van der Waals surface area contributed by atoms with E-state index in [0.717, 1.165) is 41.2 Å². The van der Waals surface area contributed by atoms with E-state index < -0.39 is 6.04 Å². The van der Waals surface area contributed by atoms with E-state index in [9.17, 15) is 9.59 Å². The van der Waals surface area contributed by atoms with Crippen LogP contribution in [0, 0.1) is 5.41 Å². The Kier molecular flexibility index (Phi) is 6.33. The van der Waals surface area contributed by atoms with E-state index in [-0.39, 0.29) is 23.2 Å². The Hall–Kier alpha value is -3.08. The van der Waals surface area contributed by atoms with Crippen molar-refractivity contribution in [2.45, 2.75) is 72.4 Å². The summed E-state index contributed by atoms with van der Waals surface area (Å²) in [5, 5.41) is 3.55. The van der Waals surface area contributed by atoms with Crippen LogP contribution >= 0.6 is 0 Å². The molecular formula is C28H34N2O3. The van der Waals surface area contributed by atoms with Crippen molar-refractivity contribution in [1.29, 1.82) is 0 Å². The summed E-state index contributed by atoms with van der Waals surface area (Å²) in [6.45, 7) is 10.2. The van der Waals surface area contributed by atoms with Crippen LogP contribution in [0.5, 0.6) is 5.75 Å². The van der Waals surface area contributed by atoms with Gasteiger partial charge < -0.3 is 10.1 Å². The molecule has 0 aromatic heterocycles. The molecule has 2 aliphatic rings. The minimum absolute atomic E-state index is 0.0205. The van der Waals surface area contributed by atoms with E-state index >= 15 is 0 Å². The van der Waals surface area contributed by atoms with Gasteiger partial charge in [0.1, 0.15) is 5.75 Å². The average molecular weight is 447 g/mol. The number of benzene rings is 2. The molecule has 0 saturated heterocycles. The van der Waals surface area contributed by atoms with Crippen molar-refractivity contribution in [3.63, 3.8) is 0 Å². The third-order valence-corrected chi connectivity index (χ3v) is 6.59. The largest absolute Gasteiger partial charge is 0.490 e.